The average Bonchev–Trinajstić information content (AvgIpc) is 2.73. The van der Waals surface area contributed by atoms with Crippen LogP contribution in [0.25, 0.3) is 0 Å². The number of rotatable bonds is 25. The molecule has 0 aliphatic carbocycles. The van der Waals surface area contributed by atoms with Crippen molar-refractivity contribution in [2.45, 2.75) is 111 Å². The Kier molecular flexibility index (Phi) is 23.7. The summed E-state index contributed by atoms with van der Waals surface area (Å²) in [5.74, 6) is 0. The summed E-state index contributed by atoms with van der Waals surface area (Å²) in [7, 11) is -2.46. The van der Waals surface area contributed by atoms with Gasteiger partial charge in [0.25, 0.3) is 0 Å². The third-order valence-corrected chi connectivity index (χ3v) is 8.52. The maximum Gasteiger partial charge on any atom is 0.500 e. The van der Waals surface area contributed by atoms with Gasteiger partial charge in [-0.3, -0.25) is 0 Å². The van der Waals surface area contributed by atoms with Gasteiger partial charge >= 0.3 is 8.80 Å². The first kappa shape index (κ1) is 30.0. The molecule has 6 heteroatoms. The summed E-state index contributed by atoms with van der Waals surface area (Å²) in [5, 5.41) is 7.08. The molecule has 0 atom stereocenters. The molecule has 0 amide bonds. The van der Waals surface area contributed by atoms with Crippen LogP contribution >= 0.6 is 0 Å². The number of hydrogen-bond donors (Lipinski definition) is 2. The summed E-state index contributed by atoms with van der Waals surface area (Å²) in [6.07, 6.45) is 16.5. The molecule has 0 aliphatic heterocycles. The molecule has 0 radical (unpaired) electrons. The van der Waals surface area contributed by atoms with E-state index < -0.39 is 8.80 Å². The summed E-state index contributed by atoms with van der Waals surface area (Å²) in [5.41, 5.74) is 0. The predicted octanol–water partition coefficient (Wildman–Crippen LogP) is 5.92. The molecule has 0 aromatic carbocycles. The normalized spacial score (nSPS) is 12.0. The minimum absolute atomic E-state index is 0.655. The maximum atomic E-state index is 5.90. The zero-order valence-electron chi connectivity index (χ0n) is 20.9. The van der Waals surface area contributed by atoms with Gasteiger partial charge < -0.3 is 23.9 Å². The Labute approximate surface area is 189 Å². The summed E-state index contributed by atoms with van der Waals surface area (Å²) in [4.78, 5) is 0. The number of unbranched alkanes of at least 4 members (excludes halogenated alkanes) is 10. The quantitative estimate of drug-likeness (QED) is 0.135. The van der Waals surface area contributed by atoms with E-state index in [1.54, 1.807) is 0 Å². The topological polar surface area (TPSA) is 51.8 Å². The van der Waals surface area contributed by atoms with Gasteiger partial charge in [0.15, 0.2) is 0 Å². The lowest BCUT2D eigenvalue weighted by Gasteiger charge is -2.28. The highest BCUT2D eigenvalue weighted by molar-refractivity contribution is 6.60. The minimum atomic E-state index is -2.46. The zero-order valence-corrected chi connectivity index (χ0v) is 21.9. The fourth-order valence-corrected chi connectivity index (χ4v) is 6.38. The lowest BCUT2D eigenvalue weighted by atomic mass is 10.1. The maximum absolute atomic E-state index is 5.90. The first-order chi connectivity index (χ1) is 14.7. The van der Waals surface area contributed by atoms with Crippen molar-refractivity contribution >= 4 is 8.80 Å². The van der Waals surface area contributed by atoms with E-state index in [9.17, 15) is 0 Å². The minimum Gasteiger partial charge on any atom is -0.374 e. The van der Waals surface area contributed by atoms with Gasteiger partial charge in [0, 0.05) is 39.0 Å². The van der Waals surface area contributed by atoms with Crippen molar-refractivity contribution in [3.63, 3.8) is 0 Å². The van der Waals surface area contributed by atoms with Crippen LogP contribution in [0.3, 0.4) is 0 Å². The van der Waals surface area contributed by atoms with Gasteiger partial charge in [0.2, 0.25) is 0 Å². The van der Waals surface area contributed by atoms with E-state index in [2.05, 4.69) is 17.6 Å². The second-order valence-corrected chi connectivity index (χ2v) is 10.9. The van der Waals surface area contributed by atoms with Gasteiger partial charge in [-0.25, -0.2) is 0 Å². The molecule has 0 aliphatic rings. The monoisotopic (exact) mass is 446 g/mol. The van der Waals surface area contributed by atoms with Crippen molar-refractivity contribution in [2.75, 3.05) is 46.0 Å². The SMILES string of the molecule is CCCCCCCCCCCCCNCCNCCC[Si](OCC)(OCC)OCC. The van der Waals surface area contributed by atoms with E-state index in [-0.39, 0.29) is 0 Å². The Balaban J connectivity index is 3.41. The highest BCUT2D eigenvalue weighted by atomic mass is 28.4. The van der Waals surface area contributed by atoms with E-state index in [4.69, 9.17) is 13.3 Å². The van der Waals surface area contributed by atoms with Crippen LogP contribution in [0.4, 0.5) is 0 Å². The van der Waals surface area contributed by atoms with Gasteiger partial charge in [-0.2, -0.15) is 0 Å². The van der Waals surface area contributed by atoms with Gasteiger partial charge in [0.1, 0.15) is 0 Å². The smallest absolute Gasteiger partial charge is 0.374 e. The van der Waals surface area contributed by atoms with Crippen LogP contribution in [0.1, 0.15) is 105 Å². The molecule has 0 unspecified atom stereocenters. The van der Waals surface area contributed by atoms with Gasteiger partial charge in [-0.05, 0) is 46.7 Å². The highest BCUT2D eigenvalue weighted by Gasteiger charge is 2.39. The number of hydrogen-bond acceptors (Lipinski definition) is 5. The molecular formula is C24H54N2O3Si. The van der Waals surface area contributed by atoms with Crippen LogP contribution in [-0.4, -0.2) is 54.8 Å². The average molecular weight is 447 g/mol. The molecule has 2 N–H and O–H groups in total. The summed E-state index contributed by atoms with van der Waals surface area (Å²) >= 11 is 0. The first-order valence-corrected chi connectivity index (χ1v) is 15.0. The van der Waals surface area contributed by atoms with E-state index in [0.717, 1.165) is 38.6 Å². The van der Waals surface area contributed by atoms with E-state index in [0.29, 0.717) is 19.8 Å². The molecule has 0 heterocycles. The van der Waals surface area contributed by atoms with Crippen molar-refractivity contribution in [3.8, 4) is 0 Å². The first-order valence-electron chi connectivity index (χ1n) is 13.1. The van der Waals surface area contributed by atoms with Crippen molar-refractivity contribution in [3.05, 3.63) is 0 Å². The van der Waals surface area contributed by atoms with Gasteiger partial charge in [0.05, 0.1) is 0 Å². The molecule has 0 rings (SSSR count). The van der Waals surface area contributed by atoms with Crippen LogP contribution in [-0.2, 0) is 13.3 Å². The standard InChI is InChI=1S/C24H54N2O3Si/c1-5-9-10-11-12-13-14-15-16-17-18-20-25-22-23-26-21-19-24-30(27-6-2,28-7-3)29-8-4/h25-26H,5-24H2,1-4H3. The molecule has 0 spiro atoms. The molecule has 30 heavy (non-hydrogen) atoms. The van der Waals surface area contributed by atoms with E-state index >= 15 is 0 Å². The second kappa shape index (κ2) is 23.7. The molecule has 0 aromatic rings. The summed E-state index contributed by atoms with van der Waals surface area (Å²) in [6, 6.07) is 0.891. The summed E-state index contributed by atoms with van der Waals surface area (Å²) in [6.45, 7) is 14.5. The lowest BCUT2D eigenvalue weighted by molar-refractivity contribution is 0.0708. The van der Waals surface area contributed by atoms with Crippen LogP contribution < -0.4 is 10.6 Å². The van der Waals surface area contributed by atoms with Crippen molar-refractivity contribution < 1.29 is 13.3 Å². The molecule has 0 aromatic heterocycles. The van der Waals surface area contributed by atoms with Crippen LogP contribution in [0.2, 0.25) is 6.04 Å². The Morgan fingerprint density at radius 3 is 1.30 bits per heavy atom. The predicted molar refractivity (Wildman–Crippen MR) is 132 cm³/mol. The Morgan fingerprint density at radius 2 is 0.867 bits per heavy atom. The molecular weight excluding hydrogens is 392 g/mol. The largest absolute Gasteiger partial charge is 0.500 e. The fourth-order valence-electron chi connectivity index (χ4n) is 3.77. The van der Waals surface area contributed by atoms with Crippen LogP contribution in [0.5, 0.6) is 0 Å². The van der Waals surface area contributed by atoms with Crippen LogP contribution in [0, 0.1) is 0 Å². The Bertz CT molecular complexity index is 319. The summed E-state index contributed by atoms with van der Waals surface area (Å²) < 4.78 is 17.7. The van der Waals surface area contributed by atoms with Crippen LogP contribution in [0.15, 0.2) is 0 Å². The lowest BCUT2D eigenvalue weighted by Crippen LogP contribution is -2.46. The van der Waals surface area contributed by atoms with Gasteiger partial charge in [-0.15, -0.1) is 0 Å². The molecule has 5 nitrogen and oxygen atoms in total. The third kappa shape index (κ3) is 18.8. The van der Waals surface area contributed by atoms with Crippen molar-refractivity contribution in [1.29, 1.82) is 0 Å². The molecule has 0 saturated carbocycles. The number of nitrogens with one attached hydrogen (secondary N) is 2. The molecule has 0 fully saturated rings. The zero-order chi connectivity index (χ0) is 22.2. The highest BCUT2D eigenvalue weighted by Crippen LogP contribution is 2.17. The fraction of sp³-hybridized carbons (Fsp3) is 1.00. The molecule has 182 valence electrons. The second-order valence-electron chi connectivity index (χ2n) is 8.12. The molecule has 0 bridgehead atoms. The van der Waals surface area contributed by atoms with Gasteiger partial charge in [-0.1, -0.05) is 71.1 Å². The van der Waals surface area contributed by atoms with Crippen molar-refractivity contribution in [2.24, 2.45) is 0 Å². The van der Waals surface area contributed by atoms with Crippen molar-refractivity contribution in [1.82, 2.24) is 10.6 Å². The van der Waals surface area contributed by atoms with E-state index in [1.165, 1.54) is 70.6 Å². The molecule has 0 saturated heterocycles. The third-order valence-electron chi connectivity index (χ3n) is 5.36. The Hall–Kier alpha value is 0.0169. The Morgan fingerprint density at radius 1 is 0.467 bits per heavy atom. The van der Waals surface area contributed by atoms with E-state index in [1.807, 2.05) is 20.8 Å².